The van der Waals surface area contributed by atoms with Crippen molar-refractivity contribution in [2.24, 2.45) is 11.8 Å². The number of aldehydes is 1. The molecule has 0 spiro atoms. The molecule has 1 saturated heterocycles. The highest BCUT2D eigenvalue weighted by Gasteiger charge is 2.31. The molecule has 4 rings (SSSR count). The van der Waals surface area contributed by atoms with E-state index in [0.717, 1.165) is 25.7 Å². The minimum Gasteiger partial charge on any atom is -0.495 e. The van der Waals surface area contributed by atoms with Crippen molar-refractivity contribution in [1.82, 2.24) is 25.3 Å². The Morgan fingerprint density at radius 1 is 1.17 bits per heavy atom. The number of carbonyl (C=O) groups is 4. The van der Waals surface area contributed by atoms with Crippen LogP contribution in [0.15, 0.2) is 24.5 Å². The van der Waals surface area contributed by atoms with Gasteiger partial charge in [-0.3, -0.25) is 14.4 Å². The fraction of sp³-hybridized carbons (Fsp3) is 0.560. The standard InChI is InChI=1S/C25H33N5O5/c1-35-19-7-8-22-28-21(14-30(22)13-19)25(34)29-20(11-16-5-3-2-4-6-16)24(33)27-18(15-31)12-17-9-10-26-23(17)32/h7-8,13-18,20H,2-6,9-12H2,1H3,(H,26,32)(H,27,33)(H,29,34)/t17-,18-,20-/m0/s1. The second-order valence-electron chi connectivity index (χ2n) is 9.49. The van der Waals surface area contributed by atoms with Crippen LogP contribution in [0.4, 0.5) is 0 Å². The first-order chi connectivity index (χ1) is 17.0. The number of nitrogens with one attached hydrogen (secondary N) is 3. The van der Waals surface area contributed by atoms with Crippen LogP contribution in [-0.4, -0.2) is 59.1 Å². The third-order valence-corrected chi connectivity index (χ3v) is 7.00. The molecule has 3 amide bonds. The monoisotopic (exact) mass is 483 g/mol. The molecule has 10 heteroatoms. The Morgan fingerprint density at radius 2 is 1.97 bits per heavy atom. The number of hydrogen-bond donors (Lipinski definition) is 3. The van der Waals surface area contributed by atoms with Crippen LogP contribution in [0.2, 0.25) is 0 Å². The molecule has 2 aromatic rings. The lowest BCUT2D eigenvalue weighted by Crippen LogP contribution is -2.51. The maximum absolute atomic E-state index is 13.2. The van der Waals surface area contributed by atoms with E-state index in [-0.39, 0.29) is 23.9 Å². The molecule has 0 aromatic carbocycles. The lowest BCUT2D eigenvalue weighted by atomic mass is 9.84. The summed E-state index contributed by atoms with van der Waals surface area (Å²) >= 11 is 0. The molecule has 0 radical (unpaired) electrons. The highest BCUT2D eigenvalue weighted by atomic mass is 16.5. The van der Waals surface area contributed by atoms with Gasteiger partial charge in [0.05, 0.1) is 19.3 Å². The third-order valence-electron chi connectivity index (χ3n) is 7.00. The van der Waals surface area contributed by atoms with Gasteiger partial charge in [-0.1, -0.05) is 32.1 Å². The molecule has 10 nitrogen and oxygen atoms in total. The predicted molar refractivity (Wildman–Crippen MR) is 128 cm³/mol. The number of carbonyl (C=O) groups excluding carboxylic acids is 4. The number of aromatic nitrogens is 2. The molecule has 188 valence electrons. The number of ether oxygens (including phenoxy) is 1. The molecule has 3 atom stereocenters. The van der Waals surface area contributed by atoms with Gasteiger partial charge >= 0.3 is 0 Å². The Kier molecular flexibility index (Phi) is 7.99. The Morgan fingerprint density at radius 3 is 2.66 bits per heavy atom. The van der Waals surface area contributed by atoms with Gasteiger partial charge in [-0.05, 0) is 37.3 Å². The number of methoxy groups -OCH3 is 1. The average molecular weight is 484 g/mol. The Hall–Kier alpha value is -3.43. The molecule has 35 heavy (non-hydrogen) atoms. The SMILES string of the molecule is COc1ccc2nc(C(=O)N[C@@H](CC3CCCCC3)C(=O)N[C@H](C=O)C[C@@H]3CCNC3=O)cn2c1. The second-order valence-corrected chi connectivity index (χ2v) is 9.49. The van der Waals surface area contributed by atoms with Crippen molar-refractivity contribution < 1.29 is 23.9 Å². The van der Waals surface area contributed by atoms with Crippen molar-refractivity contribution in [2.75, 3.05) is 13.7 Å². The third kappa shape index (κ3) is 6.17. The van der Waals surface area contributed by atoms with E-state index in [0.29, 0.717) is 43.0 Å². The van der Waals surface area contributed by atoms with Crippen molar-refractivity contribution in [3.05, 3.63) is 30.2 Å². The largest absolute Gasteiger partial charge is 0.495 e. The number of pyridine rings is 1. The van der Waals surface area contributed by atoms with E-state index < -0.39 is 23.9 Å². The van der Waals surface area contributed by atoms with Crippen molar-refractivity contribution in [3.63, 3.8) is 0 Å². The lowest BCUT2D eigenvalue weighted by molar-refractivity contribution is -0.127. The fourth-order valence-corrected chi connectivity index (χ4v) is 5.03. The minimum atomic E-state index is -0.801. The number of amides is 3. The molecule has 3 heterocycles. The highest BCUT2D eigenvalue weighted by molar-refractivity contribution is 5.97. The molecule has 2 aliphatic rings. The van der Waals surface area contributed by atoms with Crippen LogP contribution in [0.1, 0.15) is 61.9 Å². The first kappa shape index (κ1) is 24.7. The average Bonchev–Trinajstić information content (AvgIpc) is 3.49. The fourth-order valence-electron chi connectivity index (χ4n) is 5.03. The van der Waals surface area contributed by atoms with Gasteiger partial charge < -0.3 is 29.9 Å². The Labute approximate surface area is 204 Å². The molecular formula is C25H33N5O5. The summed E-state index contributed by atoms with van der Waals surface area (Å²) in [5, 5.41) is 8.36. The number of rotatable bonds is 10. The van der Waals surface area contributed by atoms with Crippen LogP contribution in [0.25, 0.3) is 5.65 Å². The summed E-state index contributed by atoms with van der Waals surface area (Å²) in [6, 6.07) is 1.91. The lowest BCUT2D eigenvalue weighted by Gasteiger charge is -2.27. The van der Waals surface area contributed by atoms with Crippen LogP contribution >= 0.6 is 0 Å². The minimum absolute atomic E-state index is 0.0957. The molecule has 0 bridgehead atoms. The van der Waals surface area contributed by atoms with E-state index in [1.54, 1.807) is 36.0 Å². The van der Waals surface area contributed by atoms with Crippen LogP contribution in [0, 0.1) is 11.8 Å². The molecule has 3 N–H and O–H groups in total. The summed E-state index contributed by atoms with van der Waals surface area (Å²) in [5.41, 5.74) is 0.773. The zero-order chi connectivity index (χ0) is 24.8. The van der Waals surface area contributed by atoms with Gasteiger partial charge in [0.2, 0.25) is 11.8 Å². The summed E-state index contributed by atoms with van der Waals surface area (Å²) in [7, 11) is 1.56. The first-order valence-electron chi connectivity index (χ1n) is 12.3. The van der Waals surface area contributed by atoms with Crippen molar-refractivity contribution in [3.8, 4) is 5.75 Å². The number of fused-ring (bicyclic) bond motifs is 1. The predicted octanol–water partition coefficient (Wildman–Crippen LogP) is 1.62. The summed E-state index contributed by atoms with van der Waals surface area (Å²) in [4.78, 5) is 54.3. The zero-order valence-electron chi connectivity index (χ0n) is 20.0. The summed E-state index contributed by atoms with van der Waals surface area (Å²) in [5.74, 6) is -0.313. The van der Waals surface area contributed by atoms with Gasteiger partial charge in [0.25, 0.3) is 5.91 Å². The van der Waals surface area contributed by atoms with Gasteiger partial charge in [-0.2, -0.15) is 0 Å². The van der Waals surface area contributed by atoms with Crippen LogP contribution in [-0.2, 0) is 14.4 Å². The van der Waals surface area contributed by atoms with Gasteiger partial charge in [0.1, 0.15) is 29.4 Å². The zero-order valence-corrected chi connectivity index (χ0v) is 20.0. The Bertz CT molecular complexity index is 1080. The summed E-state index contributed by atoms with van der Waals surface area (Å²) in [6.07, 6.45) is 10.8. The van der Waals surface area contributed by atoms with Gasteiger partial charge in [0.15, 0.2) is 0 Å². The van der Waals surface area contributed by atoms with Crippen molar-refractivity contribution in [1.29, 1.82) is 0 Å². The maximum atomic E-state index is 13.2. The van der Waals surface area contributed by atoms with Gasteiger partial charge in [-0.25, -0.2) is 4.98 Å². The van der Waals surface area contributed by atoms with E-state index in [4.69, 9.17) is 4.74 Å². The molecule has 2 aromatic heterocycles. The van der Waals surface area contributed by atoms with E-state index in [1.807, 2.05) is 0 Å². The molecule has 1 saturated carbocycles. The molecule has 2 fully saturated rings. The van der Waals surface area contributed by atoms with Crippen LogP contribution in [0.5, 0.6) is 5.75 Å². The van der Waals surface area contributed by atoms with Crippen molar-refractivity contribution >= 4 is 29.7 Å². The highest BCUT2D eigenvalue weighted by Crippen LogP contribution is 2.27. The normalized spacial score (nSPS) is 20.1. The molecular weight excluding hydrogens is 450 g/mol. The van der Waals surface area contributed by atoms with Crippen LogP contribution < -0.4 is 20.7 Å². The summed E-state index contributed by atoms with van der Waals surface area (Å²) < 4.78 is 6.91. The van der Waals surface area contributed by atoms with Gasteiger partial charge in [0, 0.05) is 18.7 Å². The number of hydrogen-bond acceptors (Lipinski definition) is 6. The topological polar surface area (TPSA) is 131 Å². The van der Waals surface area contributed by atoms with Crippen LogP contribution in [0.3, 0.4) is 0 Å². The quantitative estimate of drug-likeness (QED) is 0.440. The number of imidazole rings is 1. The van der Waals surface area contributed by atoms with E-state index in [9.17, 15) is 19.2 Å². The molecule has 1 aliphatic carbocycles. The second kappa shape index (κ2) is 11.3. The van der Waals surface area contributed by atoms with Crippen molar-refractivity contribution in [2.45, 2.75) is 63.5 Å². The Balaban J connectivity index is 1.46. The van der Waals surface area contributed by atoms with E-state index in [1.165, 1.54) is 6.42 Å². The smallest absolute Gasteiger partial charge is 0.272 e. The number of nitrogens with zero attached hydrogens (tertiary/aromatic N) is 2. The van der Waals surface area contributed by atoms with E-state index in [2.05, 4.69) is 20.9 Å². The first-order valence-corrected chi connectivity index (χ1v) is 12.3. The van der Waals surface area contributed by atoms with Gasteiger partial charge in [-0.15, -0.1) is 0 Å². The maximum Gasteiger partial charge on any atom is 0.272 e. The van der Waals surface area contributed by atoms with E-state index >= 15 is 0 Å². The molecule has 1 aliphatic heterocycles. The summed E-state index contributed by atoms with van der Waals surface area (Å²) in [6.45, 7) is 0.578. The molecule has 0 unspecified atom stereocenters.